The van der Waals surface area contributed by atoms with E-state index in [2.05, 4.69) is 4.74 Å². The standard InChI is InChI=1S/C12H11F11O3/c1-3-26-5(24)6(2,25)4-7(13)8(14,15)10(18,19)12(22,23)11(20,21)9(7,16)17/h25H,3-4H2,1-2H3. The number of halogens is 11. The van der Waals surface area contributed by atoms with Crippen molar-refractivity contribution < 1.29 is 62.9 Å². The molecule has 0 aromatic carbocycles. The third kappa shape index (κ3) is 2.32. The van der Waals surface area contributed by atoms with Crippen molar-refractivity contribution in [3.8, 4) is 0 Å². The summed E-state index contributed by atoms with van der Waals surface area (Å²) in [5.41, 5.74) is -10.2. The summed E-state index contributed by atoms with van der Waals surface area (Å²) >= 11 is 0. The summed E-state index contributed by atoms with van der Waals surface area (Å²) in [6.45, 7) is 0.443. The van der Waals surface area contributed by atoms with Crippen molar-refractivity contribution >= 4 is 5.97 Å². The molecule has 1 unspecified atom stereocenters. The average molecular weight is 412 g/mol. The van der Waals surface area contributed by atoms with Crippen molar-refractivity contribution in [3.05, 3.63) is 0 Å². The highest BCUT2D eigenvalue weighted by molar-refractivity contribution is 5.79. The summed E-state index contributed by atoms with van der Waals surface area (Å²) in [7, 11) is 0. The number of esters is 1. The van der Waals surface area contributed by atoms with E-state index in [1.54, 1.807) is 0 Å². The molecule has 3 nitrogen and oxygen atoms in total. The zero-order valence-electron chi connectivity index (χ0n) is 12.8. The largest absolute Gasteiger partial charge is 0.464 e. The Balaban J connectivity index is 3.69. The topological polar surface area (TPSA) is 46.5 Å². The van der Waals surface area contributed by atoms with Crippen LogP contribution in [0.2, 0.25) is 0 Å². The molecule has 1 saturated carbocycles. The first kappa shape index (κ1) is 22.7. The van der Waals surface area contributed by atoms with Crippen molar-refractivity contribution in [1.29, 1.82) is 0 Å². The van der Waals surface area contributed by atoms with Gasteiger partial charge in [-0.1, -0.05) is 0 Å². The van der Waals surface area contributed by atoms with Crippen molar-refractivity contribution in [3.63, 3.8) is 0 Å². The fourth-order valence-electron chi connectivity index (χ4n) is 2.34. The molecule has 1 aliphatic carbocycles. The molecule has 1 fully saturated rings. The van der Waals surface area contributed by atoms with Gasteiger partial charge < -0.3 is 9.84 Å². The highest BCUT2D eigenvalue weighted by atomic mass is 19.4. The molecule has 1 aliphatic rings. The Bertz CT molecular complexity index is 555. The Hall–Kier alpha value is -1.34. The average Bonchev–Trinajstić information content (AvgIpc) is 2.44. The SMILES string of the molecule is CCOC(=O)C(C)(O)CC1(F)C(F)(F)C(F)(F)C(F)(F)C(F)(F)C1(F)F. The summed E-state index contributed by atoms with van der Waals surface area (Å²) in [6, 6.07) is 0. The number of aliphatic hydroxyl groups is 1. The predicted molar refractivity (Wildman–Crippen MR) is 60.4 cm³/mol. The van der Waals surface area contributed by atoms with Gasteiger partial charge in [0.15, 0.2) is 5.60 Å². The lowest BCUT2D eigenvalue weighted by Gasteiger charge is -2.53. The fraction of sp³-hybridized carbons (Fsp3) is 0.917. The van der Waals surface area contributed by atoms with Crippen LogP contribution in [-0.4, -0.2) is 58.6 Å². The molecule has 0 aromatic rings. The summed E-state index contributed by atoms with van der Waals surface area (Å²) in [4.78, 5) is 11.3. The third-order valence-corrected chi connectivity index (χ3v) is 3.88. The second-order valence-corrected chi connectivity index (χ2v) is 5.84. The second-order valence-electron chi connectivity index (χ2n) is 5.84. The summed E-state index contributed by atoms with van der Waals surface area (Å²) in [5, 5.41) is 9.51. The van der Waals surface area contributed by atoms with Crippen LogP contribution in [0.5, 0.6) is 0 Å². The van der Waals surface area contributed by atoms with Gasteiger partial charge in [-0.2, -0.15) is 43.9 Å². The fourth-order valence-corrected chi connectivity index (χ4v) is 2.34. The van der Waals surface area contributed by atoms with Gasteiger partial charge in [0.2, 0.25) is 0 Å². The molecule has 0 bridgehead atoms. The van der Waals surface area contributed by atoms with Crippen LogP contribution in [-0.2, 0) is 9.53 Å². The number of hydrogen-bond donors (Lipinski definition) is 1. The van der Waals surface area contributed by atoms with E-state index in [4.69, 9.17) is 0 Å². The minimum absolute atomic E-state index is 0.0293. The quantitative estimate of drug-likeness (QED) is 0.567. The zero-order chi connectivity index (χ0) is 21.2. The van der Waals surface area contributed by atoms with Crippen molar-refractivity contribution in [2.75, 3.05) is 6.61 Å². The van der Waals surface area contributed by atoms with Gasteiger partial charge in [-0.05, 0) is 13.8 Å². The molecule has 0 amide bonds. The Morgan fingerprint density at radius 1 is 0.808 bits per heavy atom. The van der Waals surface area contributed by atoms with E-state index >= 15 is 0 Å². The number of carbonyl (C=O) groups is 1. The Morgan fingerprint density at radius 2 is 1.12 bits per heavy atom. The van der Waals surface area contributed by atoms with Crippen molar-refractivity contribution in [2.24, 2.45) is 0 Å². The van der Waals surface area contributed by atoms with E-state index in [-0.39, 0.29) is 6.92 Å². The lowest BCUT2D eigenvalue weighted by atomic mass is 9.68. The van der Waals surface area contributed by atoms with Crippen LogP contribution in [0.15, 0.2) is 0 Å². The molecule has 26 heavy (non-hydrogen) atoms. The third-order valence-electron chi connectivity index (χ3n) is 3.88. The molecule has 14 heteroatoms. The lowest BCUT2D eigenvalue weighted by molar-refractivity contribution is -0.487. The number of hydrogen-bond acceptors (Lipinski definition) is 3. The molecule has 0 radical (unpaired) electrons. The van der Waals surface area contributed by atoms with E-state index in [0.29, 0.717) is 0 Å². The monoisotopic (exact) mass is 412 g/mol. The van der Waals surface area contributed by atoms with Crippen molar-refractivity contribution in [1.82, 2.24) is 0 Å². The van der Waals surface area contributed by atoms with Crippen LogP contribution in [0.4, 0.5) is 48.3 Å². The molecule has 0 aliphatic heterocycles. The van der Waals surface area contributed by atoms with Crippen LogP contribution in [0, 0.1) is 0 Å². The number of alkyl halides is 11. The van der Waals surface area contributed by atoms with Crippen LogP contribution in [0.25, 0.3) is 0 Å². The molecular weight excluding hydrogens is 401 g/mol. The molecule has 1 rings (SSSR count). The van der Waals surface area contributed by atoms with Gasteiger partial charge in [0.05, 0.1) is 6.61 Å². The summed E-state index contributed by atoms with van der Waals surface area (Å²) in [6.07, 6.45) is -3.08. The Kier molecular flexibility index (Phi) is 4.87. The number of carbonyl (C=O) groups excluding carboxylic acids is 1. The first-order chi connectivity index (χ1) is 11.2. The van der Waals surface area contributed by atoms with Gasteiger partial charge in [0, 0.05) is 6.42 Å². The minimum Gasteiger partial charge on any atom is -0.464 e. The lowest BCUT2D eigenvalue weighted by Crippen LogP contribution is -2.84. The van der Waals surface area contributed by atoms with Gasteiger partial charge in [0.1, 0.15) is 0 Å². The second kappa shape index (κ2) is 5.58. The van der Waals surface area contributed by atoms with Crippen LogP contribution in [0.3, 0.4) is 0 Å². The van der Waals surface area contributed by atoms with Gasteiger partial charge in [0.25, 0.3) is 5.67 Å². The molecule has 154 valence electrons. The van der Waals surface area contributed by atoms with E-state index in [1.807, 2.05) is 0 Å². The van der Waals surface area contributed by atoms with E-state index < -0.39 is 59.9 Å². The van der Waals surface area contributed by atoms with Crippen LogP contribution >= 0.6 is 0 Å². The highest BCUT2D eigenvalue weighted by Gasteiger charge is 3.01. The molecule has 0 heterocycles. The normalized spacial score (nSPS) is 29.5. The molecule has 0 aromatic heterocycles. The van der Waals surface area contributed by atoms with Gasteiger partial charge >= 0.3 is 35.6 Å². The first-order valence-corrected chi connectivity index (χ1v) is 6.66. The smallest absolute Gasteiger partial charge is 0.384 e. The van der Waals surface area contributed by atoms with Gasteiger partial charge in [-0.15, -0.1) is 0 Å². The van der Waals surface area contributed by atoms with Crippen LogP contribution in [0.1, 0.15) is 20.3 Å². The zero-order valence-corrected chi connectivity index (χ0v) is 12.8. The summed E-state index contributed by atoms with van der Waals surface area (Å²) in [5.74, 6) is -38.2. The van der Waals surface area contributed by atoms with Crippen molar-refractivity contribution in [2.45, 2.75) is 61.2 Å². The Labute approximate surface area is 138 Å². The van der Waals surface area contributed by atoms with E-state index in [9.17, 15) is 58.2 Å². The molecule has 1 atom stereocenters. The Morgan fingerprint density at radius 3 is 1.42 bits per heavy atom. The van der Waals surface area contributed by atoms with Gasteiger partial charge in [-0.25, -0.2) is 9.18 Å². The maximum absolute atomic E-state index is 14.4. The molecular formula is C12H11F11O3. The predicted octanol–water partition coefficient (Wildman–Crippen LogP) is 3.59. The first-order valence-electron chi connectivity index (χ1n) is 6.66. The molecule has 1 N–H and O–H groups in total. The van der Waals surface area contributed by atoms with E-state index in [0.717, 1.165) is 6.92 Å². The number of ether oxygens (including phenoxy) is 1. The maximum Gasteiger partial charge on any atom is 0.384 e. The summed E-state index contributed by atoms with van der Waals surface area (Å²) < 4.78 is 152. The molecule has 0 spiro atoms. The van der Waals surface area contributed by atoms with E-state index in [1.165, 1.54) is 0 Å². The highest BCUT2D eigenvalue weighted by Crippen LogP contribution is 2.70. The van der Waals surface area contributed by atoms with Crippen LogP contribution < -0.4 is 0 Å². The number of rotatable bonds is 4. The minimum atomic E-state index is -7.35. The molecule has 0 saturated heterocycles. The van der Waals surface area contributed by atoms with Gasteiger partial charge in [-0.3, -0.25) is 0 Å². The maximum atomic E-state index is 14.4.